The van der Waals surface area contributed by atoms with Gasteiger partial charge in [0.25, 0.3) is 11.8 Å². The van der Waals surface area contributed by atoms with Gasteiger partial charge >= 0.3 is 12.4 Å². The third-order valence-corrected chi connectivity index (χ3v) is 11.7. The second-order valence-electron chi connectivity index (χ2n) is 13.0. The SMILES string of the molecule is COc1cc([C@H]2C3=CC[C@@H]4C(=O)N(c5cc(C(F)(F)F)cc(C(F)(F)F)c5)C(=O)[C@@H]4[C@@H]3C[C@@]3(Cl)C(=O)N(c4ccc(F)cc4)C(=O)[C@@]23Cl)ccc1O. The average Bonchev–Trinajstić information content (AvgIpc) is 3.42. The van der Waals surface area contributed by atoms with E-state index in [4.69, 9.17) is 27.9 Å². The molecule has 7 rings (SSSR count). The van der Waals surface area contributed by atoms with Crippen LogP contribution in [0.5, 0.6) is 11.5 Å². The number of benzene rings is 3. The lowest BCUT2D eigenvalue weighted by molar-refractivity contribution is -0.143. The monoisotopic (exact) mass is 770 g/mol. The van der Waals surface area contributed by atoms with Crippen molar-refractivity contribution in [3.63, 3.8) is 0 Å². The topological polar surface area (TPSA) is 104 Å². The Balaban J connectivity index is 1.39. The highest BCUT2D eigenvalue weighted by molar-refractivity contribution is 6.58. The van der Waals surface area contributed by atoms with E-state index < -0.39 is 98.5 Å². The number of methoxy groups -OCH3 is 1. The van der Waals surface area contributed by atoms with Gasteiger partial charge in [-0.25, -0.2) is 14.2 Å². The number of alkyl halides is 8. The number of nitrogens with zero attached hydrogens (tertiary/aromatic N) is 2. The van der Waals surface area contributed by atoms with Crippen LogP contribution in [0.4, 0.5) is 42.1 Å². The van der Waals surface area contributed by atoms with Crippen molar-refractivity contribution in [3.05, 3.63) is 94.8 Å². The van der Waals surface area contributed by atoms with E-state index in [2.05, 4.69) is 0 Å². The van der Waals surface area contributed by atoms with Crippen LogP contribution in [-0.2, 0) is 31.5 Å². The predicted octanol–water partition coefficient (Wildman–Crippen LogP) is 7.35. The van der Waals surface area contributed by atoms with Crippen LogP contribution in [-0.4, -0.2) is 45.6 Å². The first-order valence-electron chi connectivity index (χ1n) is 15.5. The van der Waals surface area contributed by atoms with E-state index in [0.717, 1.165) is 24.3 Å². The molecule has 0 unspecified atom stereocenters. The Morgan fingerprint density at radius 2 is 1.40 bits per heavy atom. The molecular formula is C35H23Cl2F7N2O6. The highest BCUT2D eigenvalue weighted by atomic mass is 35.5. The number of carbonyl (C=O) groups excluding carboxylic acids is 4. The molecule has 17 heteroatoms. The van der Waals surface area contributed by atoms with Gasteiger partial charge in [-0.15, -0.1) is 23.2 Å². The second kappa shape index (κ2) is 11.7. The minimum atomic E-state index is -5.27. The average molecular weight is 771 g/mol. The molecule has 8 nitrogen and oxygen atoms in total. The maximum absolute atomic E-state index is 14.4. The number of phenols is 1. The Hall–Kier alpha value is -4.63. The molecule has 1 saturated carbocycles. The van der Waals surface area contributed by atoms with Gasteiger partial charge in [-0.1, -0.05) is 17.7 Å². The van der Waals surface area contributed by atoms with Crippen molar-refractivity contribution in [2.24, 2.45) is 17.8 Å². The maximum atomic E-state index is 14.4. The standard InChI is InChI=1S/C35H23Cl2F7N2O6/c1-52-25-10-15(2-9-24(25)47)27-21-7-8-22-26(29(49)45(28(22)48)20-12-16(34(39,40)41)11-17(13-20)35(42,43)44)23(21)14-32(36)30(50)46(31(51)33(27,32)37)19-5-3-18(38)4-6-19/h2-7,9-13,22-23,26-27,47H,8,14H2,1H3/t22-,23+,26-,27-,32+,33-/m0/s1. The summed E-state index contributed by atoms with van der Waals surface area (Å²) in [4.78, 5) is 53.0. The van der Waals surface area contributed by atoms with Crippen molar-refractivity contribution >= 4 is 58.2 Å². The molecule has 3 aromatic rings. The van der Waals surface area contributed by atoms with Crippen molar-refractivity contribution in [2.75, 3.05) is 16.9 Å². The number of rotatable bonds is 4. The molecule has 0 aromatic heterocycles. The molecule has 52 heavy (non-hydrogen) atoms. The van der Waals surface area contributed by atoms with Gasteiger partial charge < -0.3 is 9.84 Å². The van der Waals surface area contributed by atoms with Gasteiger partial charge in [0.15, 0.2) is 21.2 Å². The zero-order valence-corrected chi connectivity index (χ0v) is 27.9. The number of carbonyl (C=O) groups is 4. The molecule has 4 amide bonds. The quantitative estimate of drug-likeness (QED) is 0.129. The minimum absolute atomic E-state index is 0.0789. The van der Waals surface area contributed by atoms with Crippen LogP contribution in [0, 0.1) is 23.6 Å². The van der Waals surface area contributed by atoms with Crippen molar-refractivity contribution < 1.29 is 59.8 Å². The number of ether oxygens (including phenoxy) is 1. The molecular weight excluding hydrogens is 748 g/mol. The Bertz CT molecular complexity index is 2070. The Labute approximate surface area is 299 Å². The molecule has 0 radical (unpaired) electrons. The van der Waals surface area contributed by atoms with Gasteiger partial charge in [-0.05, 0) is 78.9 Å². The van der Waals surface area contributed by atoms with E-state index in [1.54, 1.807) is 0 Å². The first-order chi connectivity index (χ1) is 24.2. The van der Waals surface area contributed by atoms with E-state index in [-0.39, 0.29) is 57.8 Å². The Morgan fingerprint density at radius 3 is 1.98 bits per heavy atom. The summed E-state index contributed by atoms with van der Waals surface area (Å²) in [6.45, 7) is 0. The van der Waals surface area contributed by atoms with Gasteiger partial charge in [0, 0.05) is 5.92 Å². The molecule has 3 fully saturated rings. The van der Waals surface area contributed by atoms with Crippen molar-refractivity contribution in [2.45, 2.75) is 40.9 Å². The lowest BCUT2D eigenvalue weighted by Crippen LogP contribution is -2.60. The fourth-order valence-electron chi connectivity index (χ4n) is 7.97. The normalized spacial score (nSPS) is 28.8. The molecule has 2 aliphatic heterocycles. The van der Waals surface area contributed by atoms with E-state index in [1.807, 2.05) is 0 Å². The van der Waals surface area contributed by atoms with Gasteiger partial charge in [-0.3, -0.25) is 19.2 Å². The number of fused-ring (bicyclic) bond motifs is 4. The smallest absolute Gasteiger partial charge is 0.416 e. The number of anilines is 2. The van der Waals surface area contributed by atoms with Crippen LogP contribution in [0.3, 0.4) is 0 Å². The molecule has 6 atom stereocenters. The summed E-state index contributed by atoms with van der Waals surface area (Å²) in [5.74, 6) is -10.7. The second-order valence-corrected chi connectivity index (χ2v) is 14.2. The predicted molar refractivity (Wildman–Crippen MR) is 170 cm³/mol. The number of imide groups is 2. The first kappa shape index (κ1) is 35.8. The van der Waals surface area contributed by atoms with Crippen LogP contribution in [0.2, 0.25) is 0 Å². The number of hydrogen-bond donors (Lipinski definition) is 1. The van der Waals surface area contributed by atoms with Crippen LogP contribution in [0.25, 0.3) is 0 Å². The lowest BCUT2D eigenvalue weighted by atomic mass is 9.56. The summed E-state index contributed by atoms with van der Waals surface area (Å²) in [5, 5.41) is 10.4. The van der Waals surface area contributed by atoms with E-state index >= 15 is 0 Å². The largest absolute Gasteiger partial charge is 0.504 e. The fourth-order valence-corrected chi connectivity index (χ4v) is 8.90. The Kier molecular flexibility index (Phi) is 8.04. The number of phenolic OH excluding ortho intramolecular Hbond substituents is 1. The van der Waals surface area contributed by atoms with Crippen LogP contribution >= 0.6 is 23.2 Å². The molecule has 2 aliphatic carbocycles. The highest BCUT2D eigenvalue weighted by Gasteiger charge is 2.76. The number of aromatic hydroxyl groups is 1. The summed E-state index contributed by atoms with van der Waals surface area (Å²) in [7, 11) is 1.24. The number of halogens is 9. The molecule has 0 spiro atoms. The summed E-state index contributed by atoms with van der Waals surface area (Å²) >= 11 is 14.5. The van der Waals surface area contributed by atoms with E-state index in [9.17, 15) is 55.0 Å². The number of hydrogen-bond acceptors (Lipinski definition) is 6. The first-order valence-corrected chi connectivity index (χ1v) is 16.3. The third kappa shape index (κ3) is 5.02. The number of allylic oxidation sites excluding steroid dienone is 2. The summed E-state index contributed by atoms with van der Waals surface area (Å²) < 4.78 is 102. The van der Waals surface area contributed by atoms with Crippen LogP contribution < -0.4 is 14.5 Å². The zero-order chi connectivity index (χ0) is 37.9. The van der Waals surface area contributed by atoms with Gasteiger partial charge in [0.05, 0.1) is 41.4 Å². The molecule has 2 heterocycles. The molecule has 1 N–H and O–H groups in total. The highest BCUT2D eigenvalue weighted by Crippen LogP contribution is 2.66. The van der Waals surface area contributed by atoms with Gasteiger partial charge in [0.2, 0.25) is 11.8 Å². The zero-order valence-electron chi connectivity index (χ0n) is 26.4. The summed E-state index contributed by atoms with van der Waals surface area (Å²) in [6.07, 6.45) is -9.86. The maximum Gasteiger partial charge on any atom is 0.416 e. The molecule has 272 valence electrons. The molecule has 3 aromatic carbocycles. The van der Waals surface area contributed by atoms with Crippen molar-refractivity contribution in [1.82, 2.24) is 0 Å². The van der Waals surface area contributed by atoms with Crippen molar-refractivity contribution in [3.8, 4) is 11.5 Å². The van der Waals surface area contributed by atoms with E-state index in [0.29, 0.717) is 4.90 Å². The fraction of sp³-hybridized carbons (Fsp3) is 0.314. The lowest BCUT2D eigenvalue weighted by Gasteiger charge is -2.50. The summed E-state index contributed by atoms with van der Waals surface area (Å²) in [5.41, 5.74) is -4.11. The summed E-state index contributed by atoms with van der Waals surface area (Å²) in [6, 6.07) is 8.59. The number of amides is 4. The van der Waals surface area contributed by atoms with Crippen LogP contribution in [0.15, 0.2) is 72.3 Å². The van der Waals surface area contributed by atoms with Crippen molar-refractivity contribution in [1.29, 1.82) is 0 Å². The molecule has 0 bridgehead atoms. The Morgan fingerprint density at radius 1 is 0.788 bits per heavy atom. The van der Waals surface area contributed by atoms with Crippen LogP contribution in [0.1, 0.15) is 35.4 Å². The van der Waals surface area contributed by atoms with Gasteiger partial charge in [-0.2, -0.15) is 26.3 Å². The third-order valence-electron chi connectivity index (χ3n) is 10.3. The van der Waals surface area contributed by atoms with Gasteiger partial charge in [0.1, 0.15) is 5.82 Å². The van der Waals surface area contributed by atoms with E-state index in [1.165, 1.54) is 31.4 Å². The minimum Gasteiger partial charge on any atom is -0.504 e. The molecule has 4 aliphatic rings. The molecule has 2 saturated heterocycles.